The highest BCUT2D eigenvalue weighted by molar-refractivity contribution is 5.63. The summed E-state index contributed by atoms with van der Waals surface area (Å²) in [5, 5.41) is 0. The molecule has 1 heterocycles. The van der Waals surface area contributed by atoms with Crippen molar-refractivity contribution >= 4 is 0 Å². The highest BCUT2D eigenvalue weighted by Gasteiger charge is 2.30. The highest BCUT2D eigenvalue weighted by atomic mass is 19.4. The number of pyridine rings is 1. The molecule has 0 saturated carbocycles. The van der Waals surface area contributed by atoms with Crippen LogP contribution in [0.5, 0.6) is 11.5 Å². The monoisotopic (exact) mass is 361 g/mol. The van der Waals surface area contributed by atoms with Crippen LogP contribution < -0.4 is 15.0 Å². The number of hydrogen-bond donors (Lipinski definition) is 0. The number of nitrogens with zero attached hydrogens (tertiary/aromatic N) is 1. The van der Waals surface area contributed by atoms with E-state index < -0.39 is 6.36 Å². The lowest BCUT2D eigenvalue weighted by Crippen LogP contribution is -2.18. The van der Waals surface area contributed by atoms with Gasteiger partial charge in [0.2, 0.25) is 0 Å². The molecule has 0 amide bonds. The Morgan fingerprint density at radius 3 is 1.96 bits per heavy atom. The Kier molecular flexibility index (Phi) is 4.71. The molecular weight excluding hydrogens is 347 g/mol. The van der Waals surface area contributed by atoms with Gasteiger partial charge in [0.05, 0.1) is 7.11 Å². The molecule has 0 saturated heterocycles. The van der Waals surface area contributed by atoms with Gasteiger partial charge in [-0.05, 0) is 53.6 Å². The summed E-state index contributed by atoms with van der Waals surface area (Å²) < 4.78 is 47.0. The van der Waals surface area contributed by atoms with E-state index in [9.17, 15) is 18.0 Å². The Balaban J connectivity index is 1.93. The summed E-state index contributed by atoms with van der Waals surface area (Å²) in [6.07, 6.45) is -3.13. The second-order valence-corrected chi connectivity index (χ2v) is 5.40. The van der Waals surface area contributed by atoms with Crippen LogP contribution in [0.15, 0.2) is 71.7 Å². The molecule has 0 fully saturated rings. The SMILES string of the molecule is COc1ccc(-c2ccc(=O)n(-c3ccc(OC(F)(F)F)cc3)c2)cc1. The summed E-state index contributed by atoms with van der Waals surface area (Å²) >= 11 is 0. The fraction of sp³-hybridized carbons (Fsp3) is 0.105. The van der Waals surface area contributed by atoms with Crippen LogP contribution in [-0.4, -0.2) is 18.0 Å². The van der Waals surface area contributed by atoms with Gasteiger partial charge in [-0.25, -0.2) is 0 Å². The average molecular weight is 361 g/mol. The van der Waals surface area contributed by atoms with E-state index in [0.717, 1.165) is 23.3 Å². The molecule has 7 heteroatoms. The van der Waals surface area contributed by atoms with E-state index in [2.05, 4.69) is 4.74 Å². The summed E-state index contributed by atoms with van der Waals surface area (Å²) in [5.74, 6) is 0.364. The molecule has 4 nitrogen and oxygen atoms in total. The van der Waals surface area contributed by atoms with Gasteiger partial charge in [-0.2, -0.15) is 0 Å². The van der Waals surface area contributed by atoms with E-state index in [-0.39, 0.29) is 11.3 Å². The van der Waals surface area contributed by atoms with Crippen molar-refractivity contribution in [3.8, 4) is 28.3 Å². The second kappa shape index (κ2) is 6.95. The number of aromatic nitrogens is 1. The zero-order chi connectivity index (χ0) is 18.7. The van der Waals surface area contributed by atoms with Gasteiger partial charge in [0.15, 0.2) is 0 Å². The summed E-state index contributed by atoms with van der Waals surface area (Å²) in [6, 6.07) is 15.5. The molecule has 2 aromatic carbocycles. The molecule has 134 valence electrons. The molecular formula is C19H14F3NO3. The van der Waals surface area contributed by atoms with Crippen molar-refractivity contribution in [3.05, 3.63) is 77.2 Å². The van der Waals surface area contributed by atoms with Crippen LogP contribution in [0.3, 0.4) is 0 Å². The van der Waals surface area contributed by atoms with E-state index in [4.69, 9.17) is 4.74 Å². The van der Waals surface area contributed by atoms with Crippen LogP contribution in [-0.2, 0) is 0 Å². The van der Waals surface area contributed by atoms with E-state index in [1.807, 2.05) is 12.1 Å². The van der Waals surface area contributed by atoms with Gasteiger partial charge in [0, 0.05) is 18.0 Å². The molecule has 0 N–H and O–H groups in total. The quantitative estimate of drug-likeness (QED) is 0.691. The van der Waals surface area contributed by atoms with Crippen molar-refractivity contribution in [1.82, 2.24) is 4.57 Å². The zero-order valence-corrected chi connectivity index (χ0v) is 13.7. The van der Waals surface area contributed by atoms with Crippen molar-refractivity contribution in [2.45, 2.75) is 6.36 Å². The number of halogens is 3. The normalized spacial score (nSPS) is 11.2. The Hall–Kier alpha value is -3.22. The van der Waals surface area contributed by atoms with Crippen LogP contribution in [0, 0.1) is 0 Å². The first-order chi connectivity index (χ1) is 12.4. The molecule has 26 heavy (non-hydrogen) atoms. The number of alkyl halides is 3. The Labute approximate surface area is 147 Å². The predicted octanol–water partition coefficient (Wildman–Crippen LogP) is 4.41. The van der Waals surface area contributed by atoms with E-state index in [1.54, 1.807) is 31.5 Å². The fourth-order valence-corrected chi connectivity index (χ4v) is 2.45. The maximum Gasteiger partial charge on any atom is 0.573 e. The summed E-state index contributed by atoms with van der Waals surface area (Å²) in [7, 11) is 1.57. The number of hydrogen-bond acceptors (Lipinski definition) is 3. The fourth-order valence-electron chi connectivity index (χ4n) is 2.45. The second-order valence-electron chi connectivity index (χ2n) is 5.40. The molecule has 0 radical (unpaired) electrons. The van der Waals surface area contributed by atoms with E-state index >= 15 is 0 Å². The number of rotatable bonds is 4. The standard InChI is InChI=1S/C19H14F3NO3/c1-25-16-7-2-13(3-8-16)14-4-11-18(24)23(12-14)15-5-9-17(10-6-15)26-19(20,21)22/h2-12H,1H3. The molecule has 0 aliphatic carbocycles. The minimum absolute atomic E-state index is 0.299. The zero-order valence-electron chi connectivity index (χ0n) is 13.7. The molecule has 0 spiro atoms. The minimum Gasteiger partial charge on any atom is -0.497 e. The predicted molar refractivity (Wildman–Crippen MR) is 90.7 cm³/mol. The molecule has 0 aliphatic rings. The van der Waals surface area contributed by atoms with Gasteiger partial charge >= 0.3 is 6.36 Å². The first-order valence-electron chi connectivity index (χ1n) is 7.59. The molecule has 0 aliphatic heterocycles. The summed E-state index contributed by atoms with van der Waals surface area (Å²) in [6.45, 7) is 0. The number of methoxy groups -OCH3 is 1. The van der Waals surface area contributed by atoms with Gasteiger partial charge in [-0.1, -0.05) is 12.1 Å². The van der Waals surface area contributed by atoms with E-state index in [0.29, 0.717) is 11.4 Å². The molecule has 3 rings (SSSR count). The Morgan fingerprint density at radius 1 is 0.808 bits per heavy atom. The first kappa shape index (κ1) is 17.6. The van der Waals surface area contributed by atoms with Crippen molar-refractivity contribution in [2.75, 3.05) is 7.11 Å². The van der Waals surface area contributed by atoms with Gasteiger partial charge < -0.3 is 9.47 Å². The third kappa shape index (κ3) is 4.05. The lowest BCUT2D eigenvalue weighted by molar-refractivity contribution is -0.274. The van der Waals surface area contributed by atoms with Crippen LogP contribution in [0.1, 0.15) is 0 Å². The smallest absolute Gasteiger partial charge is 0.497 e. The third-order valence-electron chi connectivity index (χ3n) is 3.68. The molecule has 1 aromatic heterocycles. The first-order valence-corrected chi connectivity index (χ1v) is 7.59. The lowest BCUT2D eigenvalue weighted by atomic mass is 10.1. The summed E-state index contributed by atoms with van der Waals surface area (Å²) in [5.41, 5.74) is 1.78. The lowest BCUT2D eigenvalue weighted by Gasteiger charge is -2.11. The maximum absolute atomic E-state index is 12.2. The third-order valence-corrected chi connectivity index (χ3v) is 3.68. The van der Waals surface area contributed by atoms with Gasteiger partial charge in [0.1, 0.15) is 11.5 Å². The highest BCUT2D eigenvalue weighted by Crippen LogP contribution is 2.25. The summed E-state index contributed by atoms with van der Waals surface area (Å²) in [4.78, 5) is 12.1. The number of benzene rings is 2. The van der Waals surface area contributed by atoms with Crippen LogP contribution in [0.2, 0.25) is 0 Å². The topological polar surface area (TPSA) is 40.5 Å². The van der Waals surface area contributed by atoms with Crippen molar-refractivity contribution in [1.29, 1.82) is 0 Å². The Bertz CT molecular complexity index is 946. The number of ether oxygens (including phenoxy) is 2. The van der Waals surface area contributed by atoms with Crippen molar-refractivity contribution in [2.24, 2.45) is 0 Å². The van der Waals surface area contributed by atoms with Crippen molar-refractivity contribution in [3.63, 3.8) is 0 Å². The van der Waals surface area contributed by atoms with Crippen molar-refractivity contribution < 1.29 is 22.6 Å². The van der Waals surface area contributed by atoms with Gasteiger partial charge in [-0.3, -0.25) is 9.36 Å². The Morgan fingerprint density at radius 2 is 1.38 bits per heavy atom. The maximum atomic E-state index is 12.2. The molecule has 3 aromatic rings. The molecule has 0 bridgehead atoms. The largest absolute Gasteiger partial charge is 0.573 e. The minimum atomic E-state index is -4.76. The van der Waals surface area contributed by atoms with Gasteiger partial charge in [-0.15, -0.1) is 13.2 Å². The van der Waals surface area contributed by atoms with Crippen LogP contribution in [0.25, 0.3) is 16.8 Å². The van der Waals surface area contributed by atoms with Crippen LogP contribution in [0.4, 0.5) is 13.2 Å². The molecule has 0 unspecified atom stereocenters. The van der Waals surface area contributed by atoms with Crippen LogP contribution >= 0.6 is 0 Å². The van der Waals surface area contributed by atoms with E-state index in [1.165, 1.54) is 22.8 Å². The van der Waals surface area contributed by atoms with Gasteiger partial charge in [0.25, 0.3) is 5.56 Å². The molecule has 0 atom stereocenters. The average Bonchev–Trinajstić information content (AvgIpc) is 2.62.